The summed E-state index contributed by atoms with van der Waals surface area (Å²) in [4.78, 5) is 10.4. The van der Waals surface area contributed by atoms with Crippen LogP contribution in [-0.4, -0.2) is 6.29 Å². The standard InChI is InChI=1S/C9H14O/c10-8-9-6-4-2-1-3-5-7-9/h6,8H,1-5,7H2. The van der Waals surface area contributed by atoms with Crippen molar-refractivity contribution in [3.63, 3.8) is 0 Å². The maximum Gasteiger partial charge on any atom is 0.145 e. The van der Waals surface area contributed by atoms with Crippen LogP contribution in [-0.2, 0) is 4.79 Å². The minimum absolute atomic E-state index is 1.00. The second-order valence-electron chi connectivity index (χ2n) is 2.85. The van der Waals surface area contributed by atoms with Crippen molar-refractivity contribution >= 4 is 6.29 Å². The molecule has 1 nitrogen and oxygen atoms in total. The molecular formula is C9H14O. The molecule has 0 spiro atoms. The summed E-state index contributed by atoms with van der Waals surface area (Å²) in [6.07, 6.45) is 10.3. The minimum Gasteiger partial charge on any atom is -0.298 e. The Balaban J connectivity index is 2.43. The fourth-order valence-electron chi connectivity index (χ4n) is 1.32. The Morgan fingerprint density at radius 2 is 2.00 bits per heavy atom. The van der Waals surface area contributed by atoms with Crippen molar-refractivity contribution in [2.45, 2.75) is 38.5 Å². The minimum atomic E-state index is 1.00. The number of hydrogen-bond donors (Lipinski definition) is 0. The molecule has 0 radical (unpaired) electrons. The lowest BCUT2D eigenvalue weighted by Gasteiger charge is -2.04. The zero-order chi connectivity index (χ0) is 7.23. The number of allylic oxidation sites excluding steroid dienone is 2. The third-order valence-electron chi connectivity index (χ3n) is 1.98. The van der Waals surface area contributed by atoms with Crippen LogP contribution in [0.2, 0.25) is 0 Å². The molecule has 56 valence electrons. The Morgan fingerprint density at radius 3 is 2.80 bits per heavy atom. The van der Waals surface area contributed by atoms with E-state index >= 15 is 0 Å². The molecule has 0 saturated carbocycles. The molecule has 0 unspecified atom stereocenters. The van der Waals surface area contributed by atoms with Gasteiger partial charge in [-0.3, -0.25) is 4.79 Å². The molecule has 0 atom stereocenters. The second-order valence-corrected chi connectivity index (χ2v) is 2.85. The summed E-state index contributed by atoms with van der Waals surface area (Å²) in [5.41, 5.74) is 1.01. The summed E-state index contributed by atoms with van der Waals surface area (Å²) in [5, 5.41) is 0. The fraction of sp³-hybridized carbons (Fsp3) is 0.667. The van der Waals surface area contributed by atoms with Crippen molar-refractivity contribution in [2.75, 3.05) is 0 Å². The first kappa shape index (κ1) is 7.52. The summed E-state index contributed by atoms with van der Waals surface area (Å²) in [6, 6.07) is 0. The predicted octanol–water partition coefficient (Wildman–Crippen LogP) is 2.47. The first-order valence-corrected chi connectivity index (χ1v) is 4.07. The van der Waals surface area contributed by atoms with Crippen molar-refractivity contribution in [3.8, 4) is 0 Å². The Hall–Kier alpha value is -0.590. The van der Waals surface area contributed by atoms with Crippen LogP contribution >= 0.6 is 0 Å². The molecule has 0 heterocycles. The quantitative estimate of drug-likeness (QED) is 0.509. The van der Waals surface area contributed by atoms with Crippen molar-refractivity contribution in [3.05, 3.63) is 11.6 Å². The third-order valence-corrected chi connectivity index (χ3v) is 1.98. The average Bonchev–Trinajstić information content (AvgIpc) is 1.87. The van der Waals surface area contributed by atoms with Crippen LogP contribution in [0, 0.1) is 0 Å². The summed E-state index contributed by atoms with van der Waals surface area (Å²) < 4.78 is 0. The Bertz CT molecular complexity index is 136. The lowest BCUT2D eigenvalue weighted by Crippen LogP contribution is -1.90. The van der Waals surface area contributed by atoms with Crippen LogP contribution < -0.4 is 0 Å². The third kappa shape index (κ3) is 2.34. The molecule has 1 aliphatic rings. The highest BCUT2D eigenvalue weighted by molar-refractivity contribution is 5.72. The number of aldehydes is 1. The largest absolute Gasteiger partial charge is 0.298 e. The van der Waals surface area contributed by atoms with Gasteiger partial charge in [0.05, 0.1) is 0 Å². The van der Waals surface area contributed by atoms with Crippen molar-refractivity contribution in [1.82, 2.24) is 0 Å². The summed E-state index contributed by atoms with van der Waals surface area (Å²) in [6.45, 7) is 0. The van der Waals surface area contributed by atoms with E-state index in [1.807, 2.05) is 0 Å². The van der Waals surface area contributed by atoms with Gasteiger partial charge >= 0.3 is 0 Å². The normalized spacial score (nSPS) is 20.6. The molecule has 0 aliphatic heterocycles. The first-order valence-electron chi connectivity index (χ1n) is 4.07. The van der Waals surface area contributed by atoms with E-state index in [1.54, 1.807) is 0 Å². The van der Waals surface area contributed by atoms with Gasteiger partial charge in [-0.2, -0.15) is 0 Å². The summed E-state index contributed by atoms with van der Waals surface area (Å²) in [7, 11) is 0. The van der Waals surface area contributed by atoms with Gasteiger partial charge in [-0.1, -0.05) is 18.9 Å². The molecule has 1 heteroatoms. The number of rotatable bonds is 1. The molecule has 0 aromatic heterocycles. The molecular weight excluding hydrogens is 124 g/mol. The molecule has 0 fully saturated rings. The maximum absolute atomic E-state index is 10.4. The SMILES string of the molecule is O=CC1=CCCCCCC1. The Morgan fingerprint density at radius 1 is 1.20 bits per heavy atom. The second kappa shape index (κ2) is 4.26. The van der Waals surface area contributed by atoms with Gasteiger partial charge in [0.25, 0.3) is 0 Å². The number of hydrogen-bond acceptors (Lipinski definition) is 1. The highest BCUT2D eigenvalue weighted by Gasteiger charge is 1.99. The lowest BCUT2D eigenvalue weighted by molar-refractivity contribution is -0.105. The van der Waals surface area contributed by atoms with E-state index in [2.05, 4.69) is 6.08 Å². The highest BCUT2D eigenvalue weighted by atomic mass is 16.1. The molecule has 0 N–H and O–H groups in total. The van der Waals surface area contributed by atoms with Crippen LogP contribution in [0.15, 0.2) is 11.6 Å². The van der Waals surface area contributed by atoms with E-state index in [0.29, 0.717) is 0 Å². The van der Waals surface area contributed by atoms with E-state index < -0.39 is 0 Å². The molecule has 1 rings (SSSR count). The molecule has 1 aliphatic carbocycles. The summed E-state index contributed by atoms with van der Waals surface area (Å²) in [5.74, 6) is 0. The molecule has 0 amide bonds. The molecule has 0 saturated heterocycles. The fourth-order valence-corrected chi connectivity index (χ4v) is 1.32. The van der Waals surface area contributed by atoms with Gasteiger partial charge in [0.1, 0.15) is 6.29 Å². The van der Waals surface area contributed by atoms with Crippen LogP contribution in [0.3, 0.4) is 0 Å². The zero-order valence-electron chi connectivity index (χ0n) is 6.31. The van der Waals surface area contributed by atoms with E-state index in [-0.39, 0.29) is 0 Å². The van der Waals surface area contributed by atoms with Crippen LogP contribution in [0.1, 0.15) is 38.5 Å². The topological polar surface area (TPSA) is 17.1 Å². The average molecular weight is 138 g/mol. The molecule has 0 aromatic rings. The lowest BCUT2D eigenvalue weighted by atomic mass is 10.0. The molecule has 10 heavy (non-hydrogen) atoms. The monoisotopic (exact) mass is 138 g/mol. The smallest absolute Gasteiger partial charge is 0.145 e. The first-order chi connectivity index (χ1) is 4.93. The molecule has 0 aromatic carbocycles. The van der Waals surface area contributed by atoms with Gasteiger partial charge in [0.2, 0.25) is 0 Å². The van der Waals surface area contributed by atoms with Crippen molar-refractivity contribution in [1.29, 1.82) is 0 Å². The maximum atomic E-state index is 10.4. The van der Waals surface area contributed by atoms with E-state index in [9.17, 15) is 4.79 Å². The van der Waals surface area contributed by atoms with Gasteiger partial charge < -0.3 is 0 Å². The number of carbonyl (C=O) groups is 1. The number of carbonyl (C=O) groups excluding carboxylic acids is 1. The van der Waals surface area contributed by atoms with Crippen molar-refractivity contribution in [2.24, 2.45) is 0 Å². The van der Waals surface area contributed by atoms with Crippen LogP contribution in [0.5, 0.6) is 0 Å². The van der Waals surface area contributed by atoms with E-state index in [0.717, 1.165) is 24.7 Å². The predicted molar refractivity (Wildman–Crippen MR) is 41.8 cm³/mol. The van der Waals surface area contributed by atoms with Gasteiger partial charge in [0, 0.05) is 0 Å². The van der Waals surface area contributed by atoms with E-state index in [1.165, 1.54) is 25.7 Å². The van der Waals surface area contributed by atoms with Gasteiger partial charge in [-0.25, -0.2) is 0 Å². The van der Waals surface area contributed by atoms with Gasteiger partial charge in [0.15, 0.2) is 0 Å². The Kier molecular flexibility index (Phi) is 3.20. The Labute approximate surface area is 62.1 Å². The summed E-state index contributed by atoms with van der Waals surface area (Å²) >= 11 is 0. The van der Waals surface area contributed by atoms with Gasteiger partial charge in [-0.15, -0.1) is 0 Å². The van der Waals surface area contributed by atoms with Crippen LogP contribution in [0.25, 0.3) is 0 Å². The van der Waals surface area contributed by atoms with Crippen LogP contribution in [0.4, 0.5) is 0 Å². The zero-order valence-corrected chi connectivity index (χ0v) is 6.31. The highest BCUT2D eigenvalue weighted by Crippen LogP contribution is 2.14. The molecule has 0 bridgehead atoms. The van der Waals surface area contributed by atoms with Crippen molar-refractivity contribution < 1.29 is 4.79 Å². The van der Waals surface area contributed by atoms with E-state index in [4.69, 9.17) is 0 Å². The van der Waals surface area contributed by atoms with Gasteiger partial charge in [-0.05, 0) is 31.3 Å².